The van der Waals surface area contributed by atoms with Crippen LogP contribution in [0.15, 0.2) is 12.7 Å². The number of unbranched alkanes of at least 4 members (excludes halogenated alkanes) is 1. The molecule has 0 aromatic heterocycles. The number of aliphatic hydroxyl groups is 1. The number of carbonyl (C=O) groups is 3. The van der Waals surface area contributed by atoms with Gasteiger partial charge in [-0.15, -0.1) is 18.3 Å². The number of hydrogen-bond donors (Lipinski definition) is 1. The van der Waals surface area contributed by atoms with Crippen molar-refractivity contribution in [3.05, 3.63) is 12.7 Å². The van der Waals surface area contributed by atoms with Crippen LogP contribution in [0.2, 0.25) is 0 Å². The van der Waals surface area contributed by atoms with Crippen molar-refractivity contribution in [2.24, 2.45) is 0 Å². The number of hydrogen-bond acceptors (Lipinski definition) is 9. The van der Waals surface area contributed by atoms with E-state index in [9.17, 15) is 19.5 Å². The zero-order valence-corrected chi connectivity index (χ0v) is 16.0. The molecule has 0 aromatic rings. The first kappa shape index (κ1) is 22.5. The molecule has 1 aliphatic rings. The van der Waals surface area contributed by atoms with E-state index in [1.54, 1.807) is 6.08 Å². The molecule has 5 atom stereocenters. The molecule has 1 aliphatic heterocycles. The Labute approximate surface area is 157 Å². The highest BCUT2D eigenvalue weighted by atomic mass is 32.2. The largest absolute Gasteiger partial charge is 0.456 e. The van der Waals surface area contributed by atoms with Crippen molar-refractivity contribution in [1.82, 2.24) is 0 Å². The Balaban J connectivity index is 3.08. The average Bonchev–Trinajstić information content (AvgIpc) is 2.54. The summed E-state index contributed by atoms with van der Waals surface area (Å²) in [5, 5.41) is 9.63. The molecular formula is C17H26O8S. The van der Waals surface area contributed by atoms with Gasteiger partial charge in [0.1, 0.15) is 11.5 Å². The molecule has 1 N–H and O–H groups in total. The summed E-state index contributed by atoms with van der Waals surface area (Å²) in [6, 6.07) is 0. The van der Waals surface area contributed by atoms with Crippen molar-refractivity contribution in [2.75, 3.05) is 12.4 Å². The SMILES string of the molecule is C=CCCCSC1OC(CO)C(OC(C)=O)C(OC(C)=O)C1OC(C)=O. The quantitative estimate of drug-likeness (QED) is 0.269. The van der Waals surface area contributed by atoms with Gasteiger partial charge < -0.3 is 24.1 Å². The Morgan fingerprint density at radius 3 is 2.08 bits per heavy atom. The van der Waals surface area contributed by atoms with Gasteiger partial charge in [0, 0.05) is 20.8 Å². The number of aliphatic hydroxyl groups excluding tert-OH is 1. The van der Waals surface area contributed by atoms with Gasteiger partial charge in [-0.2, -0.15) is 0 Å². The maximum Gasteiger partial charge on any atom is 0.303 e. The van der Waals surface area contributed by atoms with E-state index >= 15 is 0 Å². The van der Waals surface area contributed by atoms with Crippen molar-refractivity contribution >= 4 is 29.7 Å². The monoisotopic (exact) mass is 390 g/mol. The molecule has 0 aromatic carbocycles. The van der Waals surface area contributed by atoms with Crippen LogP contribution in [0.1, 0.15) is 33.6 Å². The summed E-state index contributed by atoms with van der Waals surface area (Å²) in [4.78, 5) is 34.5. The first-order valence-electron chi connectivity index (χ1n) is 8.30. The van der Waals surface area contributed by atoms with Gasteiger partial charge in [0.2, 0.25) is 0 Å². The molecule has 26 heavy (non-hydrogen) atoms. The molecule has 0 bridgehead atoms. The van der Waals surface area contributed by atoms with E-state index < -0.39 is 54.4 Å². The first-order valence-corrected chi connectivity index (χ1v) is 9.35. The molecule has 0 saturated carbocycles. The van der Waals surface area contributed by atoms with Crippen molar-refractivity contribution < 1.29 is 38.4 Å². The molecule has 1 rings (SSSR count). The summed E-state index contributed by atoms with van der Waals surface area (Å²) in [5.74, 6) is -1.17. The van der Waals surface area contributed by atoms with E-state index in [1.807, 2.05) is 0 Å². The summed E-state index contributed by atoms with van der Waals surface area (Å²) in [6.45, 7) is 6.82. The van der Waals surface area contributed by atoms with Gasteiger partial charge in [0.15, 0.2) is 18.3 Å². The lowest BCUT2D eigenvalue weighted by molar-refractivity contribution is -0.236. The van der Waals surface area contributed by atoms with Crippen LogP contribution < -0.4 is 0 Å². The average molecular weight is 390 g/mol. The third-order valence-electron chi connectivity index (χ3n) is 3.51. The minimum absolute atomic E-state index is 0.452. The summed E-state index contributed by atoms with van der Waals surface area (Å²) in [5.41, 5.74) is -0.683. The smallest absolute Gasteiger partial charge is 0.303 e. The molecule has 9 heteroatoms. The summed E-state index contributed by atoms with van der Waals surface area (Å²) in [6.07, 6.45) is -0.620. The molecule has 1 saturated heterocycles. The van der Waals surface area contributed by atoms with Crippen molar-refractivity contribution in [1.29, 1.82) is 0 Å². The third-order valence-corrected chi connectivity index (χ3v) is 4.74. The molecule has 1 heterocycles. The van der Waals surface area contributed by atoms with E-state index in [0.29, 0.717) is 5.75 Å². The highest BCUT2D eigenvalue weighted by molar-refractivity contribution is 7.99. The number of thioether (sulfide) groups is 1. The third kappa shape index (κ3) is 6.97. The summed E-state index contributed by atoms with van der Waals surface area (Å²) < 4.78 is 21.6. The second kappa shape index (κ2) is 11.2. The molecule has 1 fully saturated rings. The zero-order valence-electron chi connectivity index (χ0n) is 15.2. The van der Waals surface area contributed by atoms with Gasteiger partial charge in [-0.05, 0) is 18.6 Å². The molecule has 0 amide bonds. The van der Waals surface area contributed by atoms with Crippen molar-refractivity contribution in [3.63, 3.8) is 0 Å². The zero-order chi connectivity index (χ0) is 19.7. The maximum atomic E-state index is 11.6. The molecule has 5 unspecified atom stereocenters. The molecular weight excluding hydrogens is 364 g/mol. The van der Waals surface area contributed by atoms with E-state index in [1.165, 1.54) is 32.5 Å². The Morgan fingerprint density at radius 2 is 1.58 bits per heavy atom. The van der Waals surface area contributed by atoms with E-state index in [-0.39, 0.29) is 0 Å². The molecule has 0 spiro atoms. The Morgan fingerprint density at radius 1 is 1.04 bits per heavy atom. The fraction of sp³-hybridized carbons (Fsp3) is 0.706. The van der Waals surface area contributed by atoms with Crippen molar-refractivity contribution in [2.45, 2.75) is 63.5 Å². The molecule has 0 radical (unpaired) electrons. The lowest BCUT2D eigenvalue weighted by atomic mass is 9.99. The minimum atomic E-state index is -1.09. The van der Waals surface area contributed by atoms with Crippen LogP contribution in [-0.2, 0) is 33.3 Å². The molecule has 8 nitrogen and oxygen atoms in total. The van der Waals surface area contributed by atoms with E-state index in [4.69, 9.17) is 18.9 Å². The second-order valence-corrected chi connectivity index (χ2v) is 6.96. The van der Waals surface area contributed by atoms with E-state index in [0.717, 1.165) is 12.8 Å². The van der Waals surface area contributed by atoms with Gasteiger partial charge >= 0.3 is 17.9 Å². The van der Waals surface area contributed by atoms with Crippen LogP contribution >= 0.6 is 11.8 Å². The Hall–Kier alpha value is -1.58. The minimum Gasteiger partial charge on any atom is -0.456 e. The lowest BCUT2D eigenvalue weighted by Gasteiger charge is -2.44. The second-order valence-electron chi connectivity index (χ2n) is 5.75. The van der Waals surface area contributed by atoms with Gasteiger partial charge in [-0.1, -0.05) is 6.08 Å². The lowest BCUT2D eigenvalue weighted by Crippen LogP contribution is -2.61. The number of rotatable bonds is 9. The summed E-state index contributed by atoms with van der Waals surface area (Å²) >= 11 is 1.37. The molecule has 0 aliphatic carbocycles. The van der Waals surface area contributed by atoms with Crippen molar-refractivity contribution in [3.8, 4) is 0 Å². The van der Waals surface area contributed by atoms with Crippen LogP contribution in [-0.4, -0.2) is 65.2 Å². The topological polar surface area (TPSA) is 108 Å². The van der Waals surface area contributed by atoms with E-state index in [2.05, 4.69) is 6.58 Å². The number of esters is 3. The highest BCUT2D eigenvalue weighted by Crippen LogP contribution is 2.34. The number of allylic oxidation sites excluding steroid dienone is 1. The standard InChI is InChI=1S/C17H26O8S/c1-5-6-7-8-26-17-16(24-12(4)21)15(23-11(3)20)14(22-10(2)19)13(9-18)25-17/h5,13-18H,1,6-9H2,2-4H3. The van der Waals surface area contributed by atoms with Crippen LogP contribution in [0.4, 0.5) is 0 Å². The van der Waals surface area contributed by atoms with Crippen LogP contribution in [0.25, 0.3) is 0 Å². The van der Waals surface area contributed by atoms with Gasteiger partial charge in [0.05, 0.1) is 6.61 Å². The number of carbonyl (C=O) groups excluding carboxylic acids is 3. The predicted molar refractivity (Wildman–Crippen MR) is 94.3 cm³/mol. The van der Waals surface area contributed by atoms with Gasteiger partial charge in [-0.3, -0.25) is 14.4 Å². The fourth-order valence-electron chi connectivity index (χ4n) is 2.56. The highest BCUT2D eigenvalue weighted by Gasteiger charge is 2.51. The Bertz CT molecular complexity index is 509. The predicted octanol–water partition coefficient (Wildman–Crippen LogP) is 1.20. The molecule has 148 valence electrons. The Kier molecular flexibility index (Phi) is 9.68. The fourth-order valence-corrected chi connectivity index (χ4v) is 3.75. The van der Waals surface area contributed by atoms with Gasteiger partial charge in [0.25, 0.3) is 0 Å². The van der Waals surface area contributed by atoms with Crippen LogP contribution in [0, 0.1) is 0 Å². The maximum absolute atomic E-state index is 11.6. The van der Waals surface area contributed by atoms with Crippen LogP contribution in [0.5, 0.6) is 0 Å². The van der Waals surface area contributed by atoms with Crippen LogP contribution in [0.3, 0.4) is 0 Å². The first-order chi connectivity index (χ1) is 12.3. The van der Waals surface area contributed by atoms with Gasteiger partial charge in [-0.25, -0.2) is 0 Å². The number of ether oxygens (including phenoxy) is 4. The summed E-state index contributed by atoms with van der Waals surface area (Å²) in [7, 11) is 0. The normalized spacial score (nSPS) is 28.1.